The smallest absolute Gasteiger partial charge is 0.248 e. The van der Waals surface area contributed by atoms with E-state index in [-0.39, 0.29) is 54.2 Å². The number of fused-ring (bicyclic) bond motifs is 3. The van der Waals surface area contributed by atoms with E-state index < -0.39 is 18.1 Å². The summed E-state index contributed by atoms with van der Waals surface area (Å²) in [6, 6.07) is 17.5. The summed E-state index contributed by atoms with van der Waals surface area (Å²) in [6.45, 7) is 16.7. The molecule has 2 fully saturated rings. The third-order valence-electron chi connectivity index (χ3n) is 14.2. The Hall–Kier alpha value is -6.56. The molecule has 15 nitrogen and oxygen atoms in total. The van der Waals surface area contributed by atoms with Gasteiger partial charge in [-0.15, -0.1) is 32.9 Å². The minimum absolute atomic E-state index is 0.0616. The largest absolute Gasteiger partial charge is 0.490 e. The van der Waals surface area contributed by atoms with Gasteiger partial charge in [-0.25, -0.2) is 4.98 Å². The molecule has 72 heavy (non-hydrogen) atoms. The van der Waals surface area contributed by atoms with E-state index in [4.69, 9.17) is 26.4 Å². The Labute approximate surface area is 432 Å². The summed E-state index contributed by atoms with van der Waals surface area (Å²) in [6.07, 6.45) is 7.12. The third kappa shape index (κ3) is 9.73. The quantitative estimate of drug-likeness (QED) is 0.107. The standard InChI is InChI=1S/C54H58ClN11O4S2/c1-28(2)49(53(69)64-25-29(3)19-45(64)52(68)59-31(5)35-9-11-37(12-10-35)50-32(6)57-27-71-50)65-26-38(24-58-65)43-22-41(17-18-56-43)70-42-20-40(21-42)60-46(67)23-44-51-63-62-34(8)66(51)54-47(30(4)33(7)72-54)48(61-44)36-13-15-39(55)16-14-36/h9-18,22,24,26-29,31,40,42,44-45,49H,19-21,23,25H2,1-8H3,(H,59,68)(H,60,67)/t29-,31+,40?,42?,44+,45+,49-/m1/s1. The summed E-state index contributed by atoms with van der Waals surface area (Å²) in [5.41, 5.74) is 10.2. The predicted molar refractivity (Wildman–Crippen MR) is 281 cm³/mol. The summed E-state index contributed by atoms with van der Waals surface area (Å²) >= 11 is 9.58. The third-order valence-corrected chi connectivity index (χ3v) is 16.6. The van der Waals surface area contributed by atoms with Gasteiger partial charge in [0.05, 0.1) is 46.1 Å². The number of carbonyl (C=O) groups is 3. The van der Waals surface area contributed by atoms with Crippen molar-refractivity contribution in [1.29, 1.82) is 0 Å². The number of likely N-dealkylation sites (tertiary alicyclic amines) is 1. The van der Waals surface area contributed by atoms with Crippen molar-refractivity contribution in [3.8, 4) is 32.4 Å². The van der Waals surface area contributed by atoms with Gasteiger partial charge in [-0.2, -0.15) is 5.10 Å². The van der Waals surface area contributed by atoms with E-state index in [1.165, 1.54) is 4.88 Å². The zero-order valence-electron chi connectivity index (χ0n) is 41.6. The van der Waals surface area contributed by atoms with Crippen molar-refractivity contribution in [1.82, 2.24) is 50.0 Å². The van der Waals surface area contributed by atoms with Gasteiger partial charge in [-0.3, -0.25) is 33.6 Å². The number of halogens is 1. The fraction of sp³-hybridized carbons (Fsp3) is 0.389. The number of nitrogens with zero attached hydrogens (tertiary/aromatic N) is 9. The highest BCUT2D eigenvalue weighted by atomic mass is 35.5. The predicted octanol–water partition coefficient (Wildman–Crippen LogP) is 9.92. The lowest BCUT2D eigenvalue weighted by atomic mass is 9.89. The normalized spacial score (nSPS) is 20.2. The summed E-state index contributed by atoms with van der Waals surface area (Å²) in [5, 5.41) is 21.7. The molecular weight excluding hydrogens is 966 g/mol. The highest BCUT2D eigenvalue weighted by Crippen LogP contribution is 2.40. The lowest BCUT2D eigenvalue weighted by molar-refractivity contribution is -0.142. The molecule has 0 spiro atoms. The Kier molecular flexibility index (Phi) is 13.7. The van der Waals surface area contributed by atoms with E-state index in [2.05, 4.69) is 68.3 Å². The molecule has 7 heterocycles. The second kappa shape index (κ2) is 20.2. The van der Waals surface area contributed by atoms with Gasteiger partial charge in [0.2, 0.25) is 17.7 Å². The molecule has 0 unspecified atom stereocenters. The molecule has 1 aliphatic carbocycles. The summed E-state index contributed by atoms with van der Waals surface area (Å²) in [5.74, 6) is 1.65. The Balaban J connectivity index is 0.762. The van der Waals surface area contributed by atoms with Crippen molar-refractivity contribution in [2.24, 2.45) is 16.8 Å². The van der Waals surface area contributed by atoms with Crippen LogP contribution in [0, 0.1) is 39.5 Å². The van der Waals surface area contributed by atoms with Crippen LogP contribution in [0.15, 0.2) is 89.8 Å². The summed E-state index contributed by atoms with van der Waals surface area (Å²) < 4.78 is 10.2. The van der Waals surface area contributed by atoms with E-state index in [0.717, 1.165) is 60.5 Å². The molecule has 5 atom stereocenters. The Morgan fingerprint density at radius 2 is 1.67 bits per heavy atom. The highest BCUT2D eigenvalue weighted by Gasteiger charge is 2.42. The number of carbonyl (C=O) groups excluding carboxylic acids is 3. The van der Waals surface area contributed by atoms with E-state index in [1.807, 2.05) is 94.9 Å². The zero-order chi connectivity index (χ0) is 50.5. The van der Waals surface area contributed by atoms with Crippen LogP contribution in [0.5, 0.6) is 5.75 Å². The first kappa shape index (κ1) is 49.0. The van der Waals surface area contributed by atoms with E-state index in [1.54, 1.807) is 44.6 Å². The van der Waals surface area contributed by atoms with Crippen LogP contribution in [0.4, 0.5) is 0 Å². The van der Waals surface area contributed by atoms with Crippen LogP contribution in [0.3, 0.4) is 0 Å². The first-order chi connectivity index (χ1) is 34.6. The van der Waals surface area contributed by atoms with Gasteiger partial charge >= 0.3 is 0 Å². The van der Waals surface area contributed by atoms with Crippen LogP contribution in [0.25, 0.3) is 26.7 Å². The molecule has 1 saturated heterocycles. The van der Waals surface area contributed by atoms with Crippen molar-refractivity contribution in [3.05, 3.63) is 134 Å². The van der Waals surface area contributed by atoms with Crippen LogP contribution in [0.2, 0.25) is 5.02 Å². The first-order valence-corrected chi connectivity index (χ1v) is 26.6. The van der Waals surface area contributed by atoms with E-state index in [9.17, 15) is 14.4 Å². The average Bonchev–Trinajstić information content (AvgIpc) is 4.19. The summed E-state index contributed by atoms with van der Waals surface area (Å²) in [4.78, 5) is 60.6. The minimum Gasteiger partial charge on any atom is -0.490 e. The van der Waals surface area contributed by atoms with Crippen LogP contribution >= 0.6 is 34.3 Å². The van der Waals surface area contributed by atoms with E-state index in [0.29, 0.717) is 48.1 Å². The fourth-order valence-corrected chi connectivity index (χ4v) is 12.3. The Morgan fingerprint density at radius 1 is 0.917 bits per heavy atom. The Bertz CT molecular complexity index is 3190. The van der Waals surface area contributed by atoms with Crippen LogP contribution in [-0.2, 0) is 14.4 Å². The number of hydrogen-bond donors (Lipinski definition) is 2. The molecule has 2 N–H and O–H groups in total. The highest BCUT2D eigenvalue weighted by molar-refractivity contribution is 7.15. The molecule has 7 aromatic rings. The summed E-state index contributed by atoms with van der Waals surface area (Å²) in [7, 11) is 0. The number of ether oxygens (including phenoxy) is 1. The lowest BCUT2D eigenvalue weighted by Crippen LogP contribution is -2.49. The molecule has 10 rings (SSSR count). The molecule has 0 radical (unpaired) electrons. The number of benzene rings is 2. The number of aliphatic imine (C=N–C) groups is 1. The van der Waals surface area contributed by atoms with Gasteiger partial charge in [0.1, 0.15) is 40.8 Å². The number of hydrogen-bond acceptors (Lipinski definition) is 12. The van der Waals surface area contributed by atoms with Crippen molar-refractivity contribution >= 4 is 57.7 Å². The molecule has 3 aliphatic rings. The fourth-order valence-electron chi connectivity index (χ4n) is 10.1. The number of rotatable bonds is 14. The maximum Gasteiger partial charge on any atom is 0.248 e. The second-order valence-corrected chi connectivity index (χ2v) is 22.3. The molecule has 372 valence electrons. The molecule has 3 amide bonds. The number of aryl methyl sites for hydroxylation is 3. The van der Waals surface area contributed by atoms with Crippen LogP contribution in [-0.4, -0.2) is 87.6 Å². The topological polar surface area (TPSA) is 174 Å². The number of pyridine rings is 1. The van der Waals surface area contributed by atoms with Crippen molar-refractivity contribution in [2.75, 3.05) is 6.54 Å². The number of nitrogens with one attached hydrogen (secondary N) is 2. The van der Waals surface area contributed by atoms with Gasteiger partial charge in [0, 0.05) is 70.5 Å². The molecule has 5 aromatic heterocycles. The molecule has 2 aromatic carbocycles. The van der Waals surface area contributed by atoms with Gasteiger partial charge in [0.25, 0.3) is 0 Å². The maximum absolute atomic E-state index is 14.5. The van der Waals surface area contributed by atoms with E-state index >= 15 is 0 Å². The van der Waals surface area contributed by atoms with Crippen LogP contribution < -0.4 is 15.4 Å². The first-order valence-electron chi connectivity index (χ1n) is 24.5. The number of aromatic nitrogens is 7. The number of thiazole rings is 1. The van der Waals surface area contributed by atoms with Gasteiger partial charge < -0.3 is 20.3 Å². The van der Waals surface area contributed by atoms with Crippen molar-refractivity contribution < 1.29 is 19.1 Å². The zero-order valence-corrected chi connectivity index (χ0v) is 44.0. The van der Waals surface area contributed by atoms with Gasteiger partial charge in [-0.05, 0) is 87.8 Å². The Morgan fingerprint density at radius 3 is 2.39 bits per heavy atom. The van der Waals surface area contributed by atoms with Gasteiger partial charge in [0.15, 0.2) is 5.82 Å². The number of thiophene rings is 1. The SMILES string of the molecule is Cc1ncsc1-c1ccc([C@H](C)NC(=O)[C@@H]2C[C@@H](C)CN2C(=O)[C@@H](C(C)C)n2cc(-c3cc(OC4CC(NC(=O)C[C@@H]5N=C(c6ccc(Cl)cc6)c6c(sc(C)c6C)-n6c(C)nnc65)C4)ccn3)cn2)cc1. The minimum atomic E-state index is -0.634. The molecule has 0 bridgehead atoms. The van der Waals surface area contributed by atoms with Crippen molar-refractivity contribution in [3.63, 3.8) is 0 Å². The number of amides is 3. The molecule has 1 saturated carbocycles. The van der Waals surface area contributed by atoms with Crippen molar-refractivity contribution in [2.45, 2.75) is 117 Å². The average molecular weight is 1020 g/mol. The van der Waals surface area contributed by atoms with Gasteiger partial charge in [-0.1, -0.05) is 68.8 Å². The van der Waals surface area contributed by atoms with Crippen LogP contribution in [0.1, 0.15) is 116 Å². The molecule has 2 aliphatic heterocycles. The lowest BCUT2D eigenvalue weighted by Gasteiger charge is -2.36. The molecule has 18 heteroatoms. The molecular formula is C54H58ClN11O4S2. The second-order valence-electron chi connectivity index (χ2n) is 19.8. The monoisotopic (exact) mass is 1020 g/mol. The maximum atomic E-state index is 14.5.